The van der Waals surface area contributed by atoms with Crippen LogP contribution in [0.1, 0.15) is 11.3 Å². The van der Waals surface area contributed by atoms with E-state index in [4.69, 9.17) is 20.4 Å². The molecule has 1 atom stereocenters. The first kappa shape index (κ1) is 29.2. The fraction of sp³-hybridized carbons (Fsp3) is 0.240. The number of aromatic nitrogens is 3. The highest BCUT2D eigenvalue weighted by Crippen LogP contribution is 2.27. The van der Waals surface area contributed by atoms with Gasteiger partial charge in [0.15, 0.2) is 0 Å². The van der Waals surface area contributed by atoms with E-state index in [0.29, 0.717) is 17.7 Å². The first-order valence-corrected chi connectivity index (χ1v) is 11.1. The maximum atomic E-state index is 12.4. The molecule has 39 heavy (non-hydrogen) atoms. The molecule has 2 heterocycles. The summed E-state index contributed by atoms with van der Waals surface area (Å²) >= 11 is 0. The number of carboxylic acid groups (broad SMARTS) is 1. The summed E-state index contributed by atoms with van der Waals surface area (Å²) in [7, 11) is 0. The average molecular weight is 556 g/mol. The molecule has 0 radical (unpaired) electrons. The monoisotopic (exact) mass is 556 g/mol. The molecule has 2 aromatic heterocycles. The van der Waals surface area contributed by atoms with Gasteiger partial charge in [-0.05, 0) is 54.8 Å². The van der Waals surface area contributed by atoms with Crippen molar-refractivity contribution in [1.29, 1.82) is 0 Å². The van der Waals surface area contributed by atoms with Gasteiger partial charge in [-0.2, -0.15) is 18.3 Å². The molecule has 0 amide bonds. The van der Waals surface area contributed by atoms with Crippen LogP contribution in [0, 0.1) is 6.92 Å². The van der Waals surface area contributed by atoms with Crippen LogP contribution in [-0.2, 0) is 11.2 Å². The minimum absolute atomic E-state index is 0.176. The first-order chi connectivity index (χ1) is 18.2. The predicted octanol–water partition coefficient (Wildman–Crippen LogP) is 5.41. The van der Waals surface area contributed by atoms with Crippen LogP contribution in [0.25, 0.3) is 22.0 Å². The molecule has 0 spiro atoms. The molecule has 0 unspecified atom stereocenters. The largest absolute Gasteiger partial charge is 0.573 e. The summed E-state index contributed by atoms with van der Waals surface area (Å²) in [5, 5.41) is 15.4. The lowest BCUT2D eigenvalue weighted by molar-refractivity contribution is -0.274. The maximum Gasteiger partial charge on any atom is 0.573 e. The summed E-state index contributed by atoms with van der Waals surface area (Å²) in [6.07, 6.45) is -6.15. The molecular formula is C25H22F6N4O4. The Morgan fingerprint density at radius 3 is 2.41 bits per heavy atom. The van der Waals surface area contributed by atoms with Gasteiger partial charge in [0.05, 0.1) is 11.7 Å². The third-order valence-electron chi connectivity index (χ3n) is 5.13. The van der Waals surface area contributed by atoms with Crippen molar-refractivity contribution >= 4 is 16.9 Å². The highest BCUT2D eigenvalue weighted by Gasteiger charge is 2.38. The van der Waals surface area contributed by atoms with Gasteiger partial charge in [0.1, 0.15) is 18.1 Å². The minimum atomic E-state index is -5.08. The molecular weight excluding hydrogens is 534 g/mol. The molecule has 2 aromatic carbocycles. The van der Waals surface area contributed by atoms with Crippen molar-refractivity contribution in [3.05, 3.63) is 72.2 Å². The number of alkyl halides is 6. The number of hydrogen-bond acceptors (Lipinski definition) is 6. The van der Waals surface area contributed by atoms with Crippen molar-refractivity contribution in [2.24, 2.45) is 5.73 Å². The van der Waals surface area contributed by atoms with E-state index in [1.165, 1.54) is 18.2 Å². The SMILES string of the molecule is Cc1[nH]nc2ccc(-c3cncc(OC[C@@H](N)Cc4cccc(OC(F)(F)F)c4)c3)cc12.O=C(O)C(F)(F)F. The molecule has 208 valence electrons. The normalized spacial score (nSPS) is 12.4. The fourth-order valence-corrected chi connectivity index (χ4v) is 3.41. The Hall–Kier alpha value is -4.33. The van der Waals surface area contributed by atoms with E-state index in [1.54, 1.807) is 18.5 Å². The number of benzene rings is 2. The predicted molar refractivity (Wildman–Crippen MR) is 128 cm³/mol. The molecule has 8 nitrogen and oxygen atoms in total. The van der Waals surface area contributed by atoms with Gasteiger partial charge in [0.25, 0.3) is 0 Å². The number of H-pyrrole nitrogens is 1. The van der Waals surface area contributed by atoms with E-state index in [9.17, 15) is 26.3 Å². The first-order valence-electron chi connectivity index (χ1n) is 11.1. The minimum Gasteiger partial charge on any atom is -0.490 e. The number of halogens is 6. The number of ether oxygens (including phenoxy) is 2. The molecule has 4 aromatic rings. The van der Waals surface area contributed by atoms with Crippen LogP contribution in [0.5, 0.6) is 11.5 Å². The maximum absolute atomic E-state index is 12.4. The van der Waals surface area contributed by atoms with Crippen molar-refractivity contribution in [1.82, 2.24) is 15.2 Å². The van der Waals surface area contributed by atoms with Crippen molar-refractivity contribution < 1.29 is 45.7 Å². The molecule has 0 saturated carbocycles. The van der Waals surface area contributed by atoms with Crippen molar-refractivity contribution in [2.75, 3.05) is 6.61 Å². The van der Waals surface area contributed by atoms with Gasteiger partial charge in [0, 0.05) is 28.9 Å². The highest BCUT2D eigenvalue weighted by atomic mass is 19.4. The Bertz CT molecular complexity index is 1420. The lowest BCUT2D eigenvalue weighted by Gasteiger charge is -2.15. The second-order valence-corrected chi connectivity index (χ2v) is 8.26. The van der Waals surface area contributed by atoms with E-state index >= 15 is 0 Å². The molecule has 0 bridgehead atoms. The Balaban J connectivity index is 0.000000532. The molecule has 14 heteroatoms. The zero-order valence-electron chi connectivity index (χ0n) is 20.2. The Labute approximate surface area is 217 Å². The van der Waals surface area contributed by atoms with Gasteiger partial charge in [-0.3, -0.25) is 10.1 Å². The fourth-order valence-electron chi connectivity index (χ4n) is 3.41. The molecule has 0 aliphatic heterocycles. The van der Waals surface area contributed by atoms with Crippen molar-refractivity contribution in [2.45, 2.75) is 31.9 Å². The molecule has 0 saturated heterocycles. The average Bonchev–Trinajstić information content (AvgIpc) is 3.22. The van der Waals surface area contributed by atoms with Gasteiger partial charge >= 0.3 is 18.5 Å². The number of aromatic amines is 1. The van der Waals surface area contributed by atoms with Crippen LogP contribution in [0.15, 0.2) is 60.9 Å². The van der Waals surface area contributed by atoms with Crippen LogP contribution in [-0.4, -0.2) is 51.4 Å². The number of pyridine rings is 1. The van der Waals surface area contributed by atoms with Crippen LogP contribution in [0.4, 0.5) is 26.3 Å². The summed E-state index contributed by atoms with van der Waals surface area (Å²) in [4.78, 5) is 13.1. The quantitative estimate of drug-likeness (QED) is 0.260. The molecule has 0 aliphatic rings. The van der Waals surface area contributed by atoms with Gasteiger partial charge in [-0.1, -0.05) is 18.2 Å². The van der Waals surface area contributed by atoms with Crippen LogP contribution < -0.4 is 15.2 Å². The van der Waals surface area contributed by atoms with E-state index in [2.05, 4.69) is 19.9 Å². The third kappa shape index (κ3) is 8.88. The number of hydrogen-bond donors (Lipinski definition) is 3. The summed E-state index contributed by atoms with van der Waals surface area (Å²) in [5.41, 5.74) is 10.5. The molecule has 0 fully saturated rings. The van der Waals surface area contributed by atoms with Gasteiger partial charge in [-0.15, -0.1) is 13.2 Å². The zero-order valence-corrected chi connectivity index (χ0v) is 20.2. The summed E-state index contributed by atoms with van der Waals surface area (Å²) in [6, 6.07) is 13.1. The molecule has 4 N–H and O–H groups in total. The molecule has 0 aliphatic carbocycles. The summed E-state index contributed by atoms with van der Waals surface area (Å²) in [6.45, 7) is 2.14. The number of carbonyl (C=O) groups is 1. The highest BCUT2D eigenvalue weighted by molar-refractivity contribution is 5.86. The lowest BCUT2D eigenvalue weighted by atomic mass is 10.0. The van der Waals surface area contributed by atoms with Gasteiger partial charge in [-0.25, -0.2) is 4.79 Å². The standard InChI is InChI=1S/C23H21F3N4O2.C2HF3O2/c1-14-21-10-16(5-6-22(21)30-29-14)17-9-20(12-28-11-17)31-13-18(27)7-15-3-2-4-19(8-15)32-23(24,25)26;3-2(4,5)1(6)7/h2-6,8-12,18H,7,13,27H2,1H3,(H,29,30);(H,6,7)/t18-;/m0./s1. The Kier molecular flexibility index (Phi) is 9.01. The van der Waals surface area contributed by atoms with Crippen molar-refractivity contribution in [3.8, 4) is 22.6 Å². The number of rotatable bonds is 7. The van der Waals surface area contributed by atoms with Crippen LogP contribution in [0.2, 0.25) is 0 Å². The molecule has 4 rings (SSSR count). The number of carboxylic acids is 1. The van der Waals surface area contributed by atoms with E-state index in [-0.39, 0.29) is 12.4 Å². The third-order valence-corrected chi connectivity index (χ3v) is 5.13. The summed E-state index contributed by atoms with van der Waals surface area (Å²) < 4.78 is 78.7. The van der Waals surface area contributed by atoms with E-state index < -0.39 is 24.5 Å². The smallest absolute Gasteiger partial charge is 0.490 e. The Morgan fingerprint density at radius 2 is 1.74 bits per heavy atom. The van der Waals surface area contributed by atoms with Crippen LogP contribution in [0.3, 0.4) is 0 Å². The van der Waals surface area contributed by atoms with E-state index in [1.807, 2.05) is 31.2 Å². The van der Waals surface area contributed by atoms with Crippen LogP contribution >= 0.6 is 0 Å². The zero-order chi connectivity index (χ0) is 28.8. The second-order valence-electron chi connectivity index (χ2n) is 8.26. The second kappa shape index (κ2) is 12.0. The number of nitrogens with zero attached hydrogens (tertiary/aromatic N) is 2. The van der Waals surface area contributed by atoms with E-state index in [0.717, 1.165) is 27.7 Å². The number of aryl methyl sites for hydroxylation is 1. The Morgan fingerprint density at radius 1 is 1.03 bits per heavy atom. The topological polar surface area (TPSA) is 123 Å². The number of aliphatic carboxylic acids is 1. The van der Waals surface area contributed by atoms with Gasteiger partial charge in [0.2, 0.25) is 0 Å². The number of nitrogens with one attached hydrogen (secondary N) is 1. The lowest BCUT2D eigenvalue weighted by Crippen LogP contribution is -2.30. The van der Waals surface area contributed by atoms with Gasteiger partial charge < -0.3 is 20.3 Å². The number of nitrogens with two attached hydrogens (primary N) is 1. The summed E-state index contributed by atoms with van der Waals surface area (Å²) in [5.74, 6) is -2.48. The van der Waals surface area contributed by atoms with Crippen molar-refractivity contribution in [3.63, 3.8) is 0 Å². The number of fused-ring (bicyclic) bond motifs is 1.